The molecule has 1 N–H and O–H groups in total. The van der Waals surface area contributed by atoms with Crippen LogP contribution in [0.3, 0.4) is 0 Å². The number of anilines is 1. The van der Waals surface area contributed by atoms with Crippen LogP contribution in [0.2, 0.25) is 0 Å². The van der Waals surface area contributed by atoms with Gasteiger partial charge in [-0.2, -0.15) is 8.42 Å². The number of aliphatic carboxylic acids is 1. The van der Waals surface area contributed by atoms with E-state index in [4.69, 9.17) is 0 Å². The van der Waals surface area contributed by atoms with Gasteiger partial charge in [0.05, 0.1) is 5.69 Å². The number of rotatable bonds is 7. The van der Waals surface area contributed by atoms with Gasteiger partial charge in [0.2, 0.25) is 0 Å². The molecule has 0 atom stereocenters. The predicted molar refractivity (Wildman–Crippen MR) is 123 cm³/mol. The van der Waals surface area contributed by atoms with Crippen LogP contribution in [0.15, 0.2) is 71.9 Å². The summed E-state index contributed by atoms with van der Waals surface area (Å²) in [5.41, 5.74) is 2.77. The van der Waals surface area contributed by atoms with Crippen LogP contribution in [0.1, 0.15) is 16.8 Å². The smallest absolute Gasteiger partial charge is 0.323 e. The normalized spacial score (nSPS) is 11.6. The third-order valence-electron chi connectivity index (χ3n) is 5.65. The summed E-state index contributed by atoms with van der Waals surface area (Å²) in [7, 11) is -2.52. The number of aromatic nitrogens is 2. The zero-order valence-electron chi connectivity index (χ0n) is 18.1. The second-order valence-corrected chi connectivity index (χ2v) is 9.54. The van der Waals surface area contributed by atoms with E-state index in [1.807, 2.05) is 0 Å². The molecule has 0 radical (unpaired) electrons. The van der Waals surface area contributed by atoms with E-state index < -0.39 is 21.8 Å². The van der Waals surface area contributed by atoms with E-state index in [-0.39, 0.29) is 18.0 Å². The molecule has 0 aliphatic carbocycles. The van der Waals surface area contributed by atoms with Gasteiger partial charge in [0.25, 0.3) is 10.0 Å². The van der Waals surface area contributed by atoms with Gasteiger partial charge in [0, 0.05) is 36.3 Å². The maximum Gasteiger partial charge on any atom is 0.323 e. The lowest BCUT2D eigenvalue weighted by atomic mass is 10.0. The average molecular weight is 468 g/mol. The number of halogens is 1. The number of carbonyl (C=O) groups is 1. The first-order valence-corrected chi connectivity index (χ1v) is 11.6. The molecule has 33 heavy (non-hydrogen) atoms. The highest BCUT2D eigenvalue weighted by atomic mass is 32.2. The Morgan fingerprint density at radius 2 is 1.85 bits per heavy atom. The SMILES string of the molecule is Cc1c(Cc2cccnc2S(=O)(=O)N(C)c2ccccc2)c2cc(F)ccc2n1CC(=O)O. The molecule has 0 aliphatic rings. The van der Waals surface area contributed by atoms with Gasteiger partial charge in [-0.1, -0.05) is 24.3 Å². The van der Waals surface area contributed by atoms with Crippen LogP contribution in [-0.4, -0.2) is 36.1 Å². The van der Waals surface area contributed by atoms with Crippen LogP contribution in [-0.2, 0) is 27.8 Å². The zero-order valence-corrected chi connectivity index (χ0v) is 18.9. The summed E-state index contributed by atoms with van der Waals surface area (Å²) >= 11 is 0. The summed E-state index contributed by atoms with van der Waals surface area (Å²) in [5.74, 6) is -1.49. The van der Waals surface area contributed by atoms with E-state index in [0.29, 0.717) is 33.4 Å². The lowest BCUT2D eigenvalue weighted by Gasteiger charge is -2.20. The molecular formula is C24H22FN3O4S. The van der Waals surface area contributed by atoms with E-state index >= 15 is 0 Å². The summed E-state index contributed by atoms with van der Waals surface area (Å²) < 4.78 is 43.7. The molecule has 2 aromatic heterocycles. The van der Waals surface area contributed by atoms with E-state index in [0.717, 1.165) is 0 Å². The second-order valence-electron chi connectivity index (χ2n) is 7.66. The Kier molecular flexibility index (Phi) is 5.90. The standard InChI is InChI=1S/C24H22FN3O4S/c1-16-20(21-14-18(25)10-11-22(21)28(16)15-23(29)30)13-17-7-6-12-26-24(17)33(31,32)27(2)19-8-4-3-5-9-19/h3-12,14H,13,15H2,1-2H3,(H,29,30). The Morgan fingerprint density at radius 3 is 2.55 bits per heavy atom. The number of pyridine rings is 1. The van der Waals surface area contributed by atoms with Gasteiger partial charge in [-0.05, 0) is 54.4 Å². The molecule has 0 spiro atoms. The minimum absolute atomic E-state index is 0.105. The number of para-hydroxylation sites is 1. The quantitative estimate of drug-likeness (QED) is 0.444. The number of hydrogen-bond acceptors (Lipinski definition) is 4. The highest BCUT2D eigenvalue weighted by Gasteiger charge is 2.27. The average Bonchev–Trinajstić information content (AvgIpc) is 3.04. The van der Waals surface area contributed by atoms with Crippen molar-refractivity contribution in [3.8, 4) is 0 Å². The van der Waals surface area contributed by atoms with E-state index in [2.05, 4.69) is 4.98 Å². The number of sulfonamides is 1. The molecule has 4 rings (SSSR count). The summed E-state index contributed by atoms with van der Waals surface area (Å²) in [6.07, 6.45) is 1.55. The molecular weight excluding hydrogens is 445 g/mol. The van der Waals surface area contributed by atoms with Crippen molar-refractivity contribution in [2.24, 2.45) is 0 Å². The fourth-order valence-corrected chi connectivity index (χ4v) is 5.30. The van der Waals surface area contributed by atoms with Gasteiger partial charge in [-0.3, -0.25) is 9.10 Å². The highest BCUT2D eigenvalue weighted by Crippen LogP contribution is 2.31. The van der Waals surface area contributed by atoms with Gasteiger partial charge < -0.3 is 9.67 Å². The van der Waals surface area contributed by atoms with Crippen molar-refractivity contribution in [2.75, 3.05) is 11.4 Å². The van der Waals surface area contributed by atoms with Gasteiger partial charge >= 0.3 is 5.97 Å². The van der Waals surface area contributed by atoms with Crippen LogP contribution in [0.5, 0.6) is 0 Å². The topological polar surface area (TPSA) is 92.5 Å². The number of hydrogen-bond donors (Lipinski definition) is 1. The molecule has 9 heteroatoms. The van der Waals surface area contributed by atoms with Gasteiger partial charge in [0.1, 0.15) is 12.4 Å². The minimum Gasteiger partial charge on any atom is -0.480 e. The lowest BCUT2D eigenvalue weighted by Crippen LogP contribution is -2.28. The van der Waals surface area contributed by atoms with Crippen molar-refractivity contribution in [1.82, 2.24) is 9.55 Å². The third kappa shape index (κ3) is 4.19. The predicted octanol–water partition coefficient (Wildman–Crippen LogP) is 3.98. The van der Waals surface area contributed by atoms with Crippen LogP contribution >= 0.6 is 0 Å². The summed E-state index contributed by atoms with van der Waals surface area (Å²) in [6, 6.07) is 16.1. The second kappa shape index (κ2) is 8.67. The number of benzene rings is 2. The van der Waals surface area contributed by atoms with Crippen molar-refractivity contribution in [1.29, 1.82) is 0 Å². The number of nitrogens with zero attached hydrogens (tertiary/aromatic N) is 3. The number of carboxylic acid groups (broad SMARTS) is 1. The van der Waals surface area contributed by atoms with E-state index in [1.165, 1.54) is 35.7 Å². The molecule has 7 nitrogen and oxygen atoms in total. The van der Waals surface area contributed by atoms with Gasteiger partial charge in [-0.15, -0.1) is 0 Å². The molecule has 0 amide bonds. The van der Waals surface area contributed by atoms with E-state index in [1.54, 1.807) is 54.0 Å². The molecule has 2 heterocycles. The first-order chi connectivity index (χ1) is 15.7. The van der Waals surface area contributed by atoms with Gasteiger partial charge in [-0.25, -0.2) is 9.37 Å². The first-order valence-electron chi connectivity index (χ1n) is 10.2. The summed E-state index contributed by atoms with van der Waals surface area (Å²) in [6.45, 7) is 1.46. The largest absolute Gasteiger partial charge is 0.480 e. The Labute approximate surface area is 190 Å². The summed E-state index contributed by atoms with van der Waals surface area (Å²) in [4.78, 5) is 15.6. The van der Waals surface area contributed by atoms with Gasteiger partial charge in [0.15, 0.2) is 5.03 Å². The number of carboxylic acids is 1. The van der Waals surface area contributed by atoms with Crippen molar-refractivity contribution < 1.29 is 22.7 Å². The molecule has 0 unspecified atom stereocenters. The number of fused-ring (bicyclic) bond motifs is 1. The van der Waals surface area contributed by atoms with Crippen LogP contribution in [0, 0.1) is 12.7 Å². The molecule has 2 aromatic carbocycles. The maximum atomic E-state index is 14.1. The maximum absolute atomic E-state index is 14.1. The monoisotopic (exact) mass is 467 g/mol. The highest BCUT2D eigenvalue weighted by molar-refractivity contribution is 7.92. The minimum atomic E-state index is -3.98. The molecule has 0 aliphatic heterocycles. The molecule has 170 valence electrons. The van der Waals surface area contributed by atoms with Crippen molar-refractivity contribution in [3.63, 3.8) is 0 Å². The summed E-state index contributed by atoms with van der Waals surface area (Å²) in [5, 5.41) is 9.77. The Morgan fingerprint density at radius 1 is 1.12 bits per heavy atom. The van der Waals surface area contributed by atoms with Crippen LogP contribution in [0.25, 0.3) is 10.9 Å². The molecule has 0 saturated heterocycles. The molecule has 4 aromatic rings. The van der Waals surface area contributed by atoms with Crippen molar-refractivity contribution in [3.05, 3.63) is 89.5 Å². The Hall–Kier alpha value is -3.72. The first kappa shape index (κ1) is 22.5. The molecule has 0 fully saturated rings. The van der Waals surface area contributed by atoms with Crippen LogP contribution in [0.4, 0.5) is 10.1 Å². The van der Waals surface area contributed by atoms with Crippen LogP contribution < -0.4 is 4.31 Å². The Balaban J connectivity index is 1.83. The Bertz CT molecular complexity index is 1450. The van der Waals surface area contributed by atoms with Crippen molar-refractivity contribution in [2.45, 2.75) is 24.9 Å². The fraction of sp³-hybridized carbons (Fsp3) is 0.167. The lowest BCUT2D eigenvalue weighted by molar-refractivity contribution is -0.137. The zero-order chi connectivity index (χ0) is 23.8. The molecule has 0 bridgehead atoms. The van der Waals surface area contributed by atoms with Crippen molar-refractivity contribution >= 4 is 32.6 Å². The van der Waals surface area contributed by atoms with E-state index in [9.17, 15) is 22.7 Å². The fourth-order valence-electron chi connectivity index (χ4n) is 3.97. The third-order valence-corrected chi connectivity index (χ3v) is 7.44. The molecule has 0 saturated carbocycles.